The standard InChI is InChI=1S/C19H27O4/c1-18(2)6-7-19(3,4)17-14(12-20)10-15(11-16(17)18)23-13-22-9-8-21-5/h11-12H,6-9,13H2,1-5H3. The smallest absolute Gasteiger partial charge is 0.189 e. The average molecular weight is 319 g/mol. The summed E-state index contributed by atoms with van der Waals surface area (Å²) in [5.74, 6) is 0.564. The SMILES string of the molecule is COCCOCOc1[c]c(C=O)c2c(c1)C(C)(C)CCC2(C)C. The fraction of sp³-hybridized carbons (Fsp3) is 0.632. The van der Waals surface area contributed by atoms with Crippen molar-refractivity contribution >= 4 is 6.29 Å². The number of ether oxygens (including phenoxy) is 3. The molecule has 4 heteroatoms. The van der Waals surface area contributed by atoms with Crippen LogP contribution in [0, 0.1) is 6.07 Å². The lowest BCUT2D eigenvalue weighted by Gasteiger charge is -2.42. The summed E-state index contributed by atoms with van der Waals surface area (Å²) in [6.45, 7) is 9.94. The maximum absolute atomic E-state index is 11.6. The molecule has 0 amide bonds. The molecule has 127 valence electrons. The van der Waals surface area contributed by atoms with E-state index in [-0.39, 0.29) is 17.6 Å². The molecule has 0 atom stereocenters. The lowest BCUT2D eigenvalue weighted by Crippen LogP contribution is -2.35. The predicted molar refractivity (Wildman–Crippen MR) is 89.3 cm³/mol. The molecule has 1 radical (unpaired) electrons. The van der Waals surface area contributed by atoms with Gasteiger partial charge < -0.3 is 14.2 Å². The van der Waals surface area contributed by atoms with Crippen LogP contribution in [0.1, 0.15) is 62.0 Å². The van der Waals surface area contributed by atoms with E-state index in [0.717, 1.165) is 24.7 Å². The molecule has 0 saturated carbocycles. The van der Waals surface area contributed by atoms with E-state index in [0.29, 0.717) is 24.5 Å². The number of benzene rings is 1. The Bertz CT molecular complexity index is 561. The molecule has 0 aliphatic heterocycles. The molecule has 0 fully saturated rings. The van der Waals surface area contributed by atoms with Gasteiger partial charge in [-0.3, -0.25) is 4.79 Å². The fourth-order valence-electron chi connectivity index (χ4n) is 3.20. The van der Waals surface area contributed by atoms with Crippen LogP contribution in [-0.4, -0.2) is 33.4 Å². The number of hydrogen-bond donors (Lipinski definition) is 0. The zero-order valence-corrected chi connectivity index (χ0v) is 14.8. The molecule has 2 rings (SSSR count). The monoisotopic (exact) mass is 319 g/mol. The molecular weight excluding hydrogens is 292 g/mol. The van der Waals surface area contributed by atoms with Crippen molar-refractivity contribution in [3.8, 4) is 5.75 Å². The van der Waals surface area contributed by atoms with Gasteiger partial charge in [0.05, 0.1) is 13.2 Å². The van der Waals surface area contributed by atoms with Crippen molar-refractivity contribution in [2.45, 2.75) is 51.4 Å². The van der Waals surface area contributed by atoms with Crippen molar-refractivity contribution < 1.29 is 19.0 Å². The number of fused-ring (bicyclic) bond motifs is 1. The highest BCUT2D eigenvalue weighted by Gasteiger charge is 2.39. The van der Waals surface area contributed by atoms with Gasteiger partial charge in [-0.05, 0) is 40.9 Å². The summed E-state index contributed by atoms with van der Waals surface area (Å²) in [6.07, 6.45) is 3.03. The molecule has 4 nitrogen and oxygen atoms in total. The third kappa shape index (κ3) is 3.93. The second-order valence-corrected chi connectivity index (χ2v) is 7.38. The Kier molecular flexibility index (Phi) is 5.48. The van der Waals surface area contributed by atoms with E-state index in [2.05, 4.69) is 33.8 Å². The van der Waals surface area contributed by atoms with Gasteiger partial charge in [0.25, 0.3) is 0 Å². The number of methoxy groups -OCH3 is 1. The van der Waals surface area contributed by atoms with Crippen molar-refractivity contribution in [2.24, 2.45) is 0 Å². The Morgan fingerprint density at radius 3 is 2.52 bits per heavy atom. The van der Waals surface area contributed by atoms with Crippen LogP contribution in [0.3, 0.4) is 0 Å². The number of hydrogen-bond acceptors (Lipinski definition) is 4. The topological polar surface area (TPSA) is 44.8 Å². The molecule has 1 aromatic rings. The van der Waals surface area contributed by atoms with Gasteiger partial charge in [-0.15, -0.1) is 0 Å². The normalized spacial score (nSPS) is 18.3. The summed E-state index contributed by atoms with van der Waals surface area (Å²) in [7, 11) is 1.63. The van der Waals surface area contributed by atoms with Gasteiger partial charge in [0, 0.05) is 18.7 Å². The molecular formula is C19H27O4. The first-order valence-corrected chi connectivity index (χ1v) is 8.08. The van der Waals surface area contributed by atoms with Gasteiger partial charge in [-0.1, -0.05) is 27.7 Å². The number of carbonyl (C=O) groups is 1. The van der Waals surface area contributed by atoms with Gasteiger partial charge in [0.1, 0.15) is 5.75 Å². The van der Waals surface area contributed by atoms with Gasteiger partial charge in [0.15, 0.2) is 13.1 Å². The fourth-order valence-corrected chi connectivity index (χ4v) is 3.20. The minimum Gasteiger partial charge on any atom is -0.467 e. The molecule has 0 aromatic heterocycles. The van der Waals surface area contributed by atoms with Gasteiger partial charge in [-0.2, -0.15) is 0 Å². The lowest BCUT2D eigenvalue weighted by molar-refractivity contribution is -0.00871. The van der Waals surface area contributed by atoms with Crippen LogP contribution in [0.5, 0.6) is 5.75 Å². The van der Waals surface area contributed by atoms with Crippen molar-refractivity contribution in [1.82, 2.24) is 0 Å². The molecule has 1 aliphatic carbocycles. The van der Waals surface area contributed by atoms with E-state index in [1.807, 2.05) is 6.07 Å². The van der Waals surface area contributed by atoms with Crippen LogP contribution in [0.15, 0.2) is 6.07 Å². The van der Waals surface area contributed by atoms with Crippen LogP contribution in [0.25, 0.3) is 0 Å². The molecule has 1 aromatic carbocycles. The molecule has 0 unspecified atom stereocenters. The van der Waals surface area contributed by atoms with Crippen molar-refractivity contribution in [3.05, 3.63) is 28.8 Å². The maximum atomic E-state index is 11.6. The molecule has 0 spiro atoms. The molecule has 0 N–H and O–H groups in total. The summed E-state index contributed by atoms with van der Waals surface area (Å²) in [5.41, 5.74) is 2.89. The molecule has 0 heterocycles. The van der Waals surface area contributed by atoms with Crippen LogP contribution < -0.4 is 4.74 Å². The molecule has 0 saturated heterocycles. The Morgan fingerprint density at radius 1 is 1.17 bits per heavy atom. The summed E-state index contributed by atoms with van der Waals surface area (Å²) in [6, 6.07) is 5.12. The van der Waals surface area contributed by atoms with Gasteiger partial charge in [-0.25, -0.2) is 0 Å². The van der Waals surface area contributed by atoms with E-state index in [9.17, 15) is 4.79 Å². The summed E-state index contributed by atoms with van der Waals surface area (Å²) in [4.78, 5) is 11.6. The van der Waals surface area contributed by atoms with Gasteiger partial charge in [0.2, 0.25) is 0 Å². The largest absolute Gasteiger partial charge is 0.467 e. The third-order valence-electron chi connectivity index (χ3n) is 4.70. The summed E-state index contributed by atoms with van der Waals surface area (Å²) in [5, 5.41) is 0. The predicted octanol–water partition coefficient (Wildman–Crippen LogP) is 3.65. The Morgan fingerprint density at radius 2 is 1.87 bits per heavy atom. The summed E-state index contributed by atoms with van der Waals surface area (Å²) < 4.78 is 15.9. The first kappa shape index (κ1) is 18.0. The molecule has 1 aliphatic rings. The van der Waals surface area contributed by atoms with Crippen LogP contribution in [0.2, 0.25) is 0 Å². The highest BCUT2D eigenvalue weighted by Crippen LogP contribution is 2.47. The number of carbonyl (C=O) groups excluding carboxylic acids is 1. The lowest BCUT2D eigenvalue weighted by atomic mass is 9.62. The van der Waals surface area contributed by atoms with E-state index in [1.54, 1.807) is 7.11 Å². The van der Waals surface area contributed by atoms with E-state index < -0.39 is 0 Å². The zero-order valence-electron chi connectivity index (χ0n) is 14.8. The van der Waals surface area contributed by atoms with Crippen molar-refractivity contribution in [3.63, 3.8) is 0 Å². The first-order valence-electron chi connectivity index (χ1n) is 8.08. The van der Waals surface area contributed by atoms with E-state index in [4.69, 9.17) is 14.2 Å². The Balaban J connectivity index is 2.29. The summed E-state index contributed by atoms with van der Waals surface area (Å²) >= 11 is 0. The van der Waals surface area contributed by atoms with E-state index in [1.165, 1.54) is 5.56 Å². The zero-order chi connectivity index (χ0) is 17.1. The highest BCUT2D eigenvalue weighted by atomic mass is 16.7. The second kappa shape index (κ2) is 7.02. The van der Waals surface area contributed by atoms with E-state index >= 15 is 0 Å². The number of rotatable bonds is 7. The van der Waals surface area contributed by atoms with Crippen molar-refractivity contribution in [1.29, 1.82) is 0 Å². The van der Waals surface area contributed by atoms with Crippen LogP contribution >= 0.6 is 0 Å². The Labute approximate surface area is 139 Å². The Hall–Kier alpha value is -1.39. The maximum Gasteiger partial charge on any atom is 0.189 e. The third-order valence-corrected chi connectivity index (χ3v) is 4.70. The first-order chi connectivity index (χ1) is 10.8. The highest BCUT2D eigenvalue weighted by molar-refractivity contribution is 5.80. The minimum absolute atomic E-state index is 0.0206. The number of aldehydes is 1. The molecule has 23 heavy (non-hydrogen) atoms. The second-order valence-electron chi connectivity index (χ2n) is 7.38. The quantitative estimate of drug-likeness (QED) is 0.437. The minimum atomic E-state index is -0.0227. The van der Waals surface area contributed by atoms with Crippen LogP contribution in [0.4, 0.5) is 0 Å². The average Bonchev–Trinajstić information content (AvgIpc) is 2.51. The van der Waals surface area contributed by atoms with Crippen molar-refractivity contribution in [2.75, 3.05) is 27.1 Å². The van der Waals surface area contributed by atoms with Gasteiger partial charge >= 0.3 is 0 Å². The molecule has 0 bridgehead atoms. The van der Waals surface area contributed by atoms with Crippen LogP contribution in [-0.2, 0) is 20.3 Å².